The number of hydrogen-bond donors (Lipinski definition) is 2. The van der Waals surface area contributed by atoms with Gasteiger partial charge in [0.25, 0.3) is 5.56 Å². The number of rotatable bonds is 10. The second-order valence-electron chi connectivity index (χ2n) is 9.27. The molecule has 1 aliphatic heterocycles. The Morgan fingerprint density at radius 1 is 1.12 bits per heavy atom. The van der Waals surface area contributed by atoms with E-state index < -0.39 is 0 Å². The molecule has 0 saturated carbocycles. The third-order valence-corrected chi connectivity index (χ3v) is 6.65. The van der Waals surface area contributed by atoms with Crippen molar-refractivity contribution in [2.45, 2.75) is 33.2 Å². The van der Waals surface area contributed by atoms with Crippen LogP contribution >= 0.6 is 12.2 Å². The van der Waals surface area contributed by atoms with E-state index in [0.717, 1.165) is 86.9 Å². The van der Waals surface area contributed by atoms with E-state index in [-0.39, 0.29) is 5.56 Å². The second kappa shape index (κ2) is 12.5. The summed E-state index contributed by atoms with van der Waals surface area (Å²) in [4.78, 5) is 22.7. The molecule has 0 spiro atoms. The fourth-order valence-corrected chi connectivity index (χ4v) is 4.37. The van der Waals surface area contributed by atoms with Gasteiger partial charge in [0.2, 0.25) is 0 Å². The highest BCUT2D eigenvalue weighted by atomic mass is 32.1. The zero-order valence-corrected chi connectivity index (χ0v) is 21.4. The van der Waals surface area contributed by atoms with Gasteiger partial charge >= 0.3 is 0 Å². The Hall–Kier alpha value is -2.00. The Labute approximate surface area is 203 Å². The molecule has 3 rings (SSSR count). The van der Waals surface area contributed by atoms with E-state index in [2.05, 4.69) is 59.0 Å². The van der Waals surface area contributed by atoms with Crippen LogP contribution in [0.5, 0.6) is 0 Å². The highest BCUT2D eigenvalue weighted by Crippen LogP contribution is 2.18. The number of ether oxygens (including phenoxy) is 1. The first-order valence-electron chi connectivity index (χ1n) is 11.9. The molecule has 0 radical (unpaired) electrons. The summed E-state index contributed by atoms with van der Waals surface area (Å²) in [6, 6.07) is 6.21. The number of aromatic amines is 1. The average molecular weight is 474 g/mol. The molecule has 0 atom stereocenters. The lowest BCUT2D eigenvalue weighted by molar-refractivity contribution is 0.0367. The third kappa shape index (κ3) is 7.78. The van der Waals surface area contributed by atoms with Gasteiger partial charge in [0.05, 0.1) is 19.8 Å². The van der Waals surface area contributed by atoms with Crippen molar-refractivity contribution in [3.63, 3.8) is 0 Å². The lowest BCUT2D eigenvalue weighted by Crippen LogP contribution is -2.43. The standard InChI is InChI=1S/C25H39N5O2S/c1-19-15-21-17-22(24(31)27-23(21)16-20(19)2)18-30(25(33)26-7-5-8-28(3)4)10-6-9-29-11-13-32-14-12-29/h15-17H,5-14,18H2,1-4H3,(H,26,33)(H,27,31). The predicted octanol–water partition coefficient (Wildman–Crippen LogP) is 2.50. The number of fused-ring (bicyclic) bond motifs is 1. The summed E-state index contributed by atoms with van der Waals surface area (Å²) in [5.41, 5.74) is 3.99. The molecule has 2 aromatic rings. The van der Waals surface area contributed by atoms with Crippen molar-refractivity contribution in [2.24, 2.45) is 0 Å². The Balaban J connectivity index is 1.70. The normalized spacial score (nSPS) is 14.7. The van der Waals surface area contributed by atoms with Crippen LogP contribution < -0.4 is 10.9 Å². The number of aromatic nitrogens is 1. The molecule has 0 unspecified atom stereocenters. The van der Waals surface area contributed by atoms with Gasteiger partial charge in [-0.1, -0.05) is 0 Å². The van der Waals surface area contributed by atoms with E-state index in [1.807, 2.05) is 12.1 Å². The molecule has 33 heavy (non-hydrogen) atoms. The Morgan fingerprint density at radius 2 is 1.85 bits per heavy atom. The van der Waals surface area contributed by atoms with Crippen LogP contribution in [0.3, 0.4) is 0 Å². The van der Waals surface area contributed by atoms with Crippen molar-refractivity contribution in [1.82, 2.24) is 25.0 Å². The minimum Gasteiger partial charge on any atom is -0.379 e. The topological polar surface area (TPSA) is 63.8 Å². The van der Waals surface area contributed by atoms with Crippen molar-refractivity contribution >= 4 is 28.2 Å². The van der Waals surface area contributed by atoms with Crippen molar-refractivity contribution in [3.8, 4) is 0 Å². The first-order valence-corrected chi connectivity index (χ1v) is 12.3. The van der Waals surface area contributed by atoms with E-state index in [1.54, 1.807) is 0 Å². The van der Waals surface area contributed by atoms with Gasteiger partial charge in [-0.15, -0.1) is 0 Å². The van der Waals surface area contributed by atoms with Crippen LogP contribution in [0.15, 0.2) is 23.0 Å². The van der Waals surface area contributed by atoms with Gasteiger partial charge in [-0.2, -0.15) is 0 Å². The zero-order chi connectivity index (χ0) is 23.8. The quantitative estimate of drug-likeness (QED) is 0.406. The van der Waals surface area contributed by atoms with E-state index in [1.165, 1.54) is 11.1 Å². The molecule has 2 N–H and O–H groups in total. The molecular weight excluding hydrogens is 434 g/mol. The number of benzene rings is 1. The molecule has 2 heterocycles. The third-order valence-electron chi connectivity index (χ3n) is 6.25. The van der Waals surface area contributed by atoms with Crippen LogP contribution in [0.25, 0.3) is 10.9 Å². The summed E-state index contributed by atoms with van der Waals surface area (Å²) in [5.74, 6) is 0. The Morgan fingerprint density at radius 3 is 2.58 bits per heavy atom. The number of aryl methyl sites for hydroxylation is 2. The van der Waals surface area contributed by atoms with Crippen LogP contribution in [-0.4, -0.2) is 91.4 Å². The van der Waals surface area contributed by atoms with Crippen molar-refractivity contribution in [2.75, 3.05) is 66.6 Å². The highest BCUT2D eigenvalue weighted by molar-refractivity contribution is 7.80. The van der Waals surface area contributed by atoms with Crippen molar-refractivity contribution < 1.29 is 4.74 Å². The fraction of sp³-hybridized carbons (Fsp3) is 0.600. The second-order valence-corrected chi connectivity index (χ2v) is 9.65. The molecule has 0 aliphatic carbocycles. The summed E-state index contributed by atoms with van der Waals surface area (Å²) >= 11 is 5.76. The van der Waals surface area contributed by atoms with Crippen molar-refractivity contribution in [3.05, 3.63) is 45.2 Å². The zero-order valence-electron chi connectivity index (χ0n) is 20.6. The lowest BCUT2D eigenvalue weighted by Gasteiger charge is -2.29. The molecule has 0 amide bonds. The number of pyridine rings is 1. The van der Waals surface area contributed by atoms with Gasteiger partial charge in [-0.05, 0) is 94.3 Å². The molecule has 182 valence electrons. The smallest absolute Gasteiger partial charge is 0.253 e. The molecule has 7 nitrogen and oxygen atoms in total. The monoisotopic (exact) mass is 473 g/mol. The molecular formula is C25H39N5O2S. The van der Waals surface area contributed by atoms with E-state index in [4.69, 9.17) is 17.0 Å². The Bertz CT molecular complexity index is 985. The first-order chi connectivity index (χ1) is 15.8. The number of thiocarbonyl (C=S) groups is 1. The maximum atomic E-state index is 12.9. The minimum absolute atomic E-state index is 0.0423. The minimum atomic E-state index is -0.0423. The van der Waals surface area contributed by atoms with E-state index >= 15 is 0 Å². The number of morpholine rings is 1. The molecule has 1 aliphatic rings. The van der Waals surface area contributed by atoms with Crippen LogP contribution in [0, 0.1) is 13.8 Å². The van der Waals surface area contributed by atoms with Gasteiger partial charge in [0.15, 0.2) is 5.11 Å². The van der Waals surface area contributed by atoms with Crippen LogP contribution in [0.1, 0.15) is 29.5 Å². The molecule has 1 aromatic carbocycles. The SMILES string of the molecule is Cc1cc2cc(CN(CCCN3CCOCC3)C(=S)NCCCN(C)C)c(=O)[nH]c2cc1C. The maximum Gasteiger partial charge on any atom is 0.253 e. The molecule has 1 aromatic heterocycles. The molecule has 0 bridgehead atoms. The lowest BCUT2D eigenvalue weighted by atomic mass is 10.0. The maximum absolute atomic E-state index is 12.9. The molecule has 8 heteroatoms. The van der Waals surface area contributed by atoms with E-state index in [9.17, 15) is 4.79 Å². The highest BCUT2D eigenvalue weighted by Gasteiger charge is 2.15. The number of hydrogen-bond acceptors (Lipinski definition) is 5. The van der Waals surface area contributed by atoms with Crippen LogP contribution in [0.4, 0.5) is 0 Å². The van der Waals surface area contributed by atoms with Crippen LogP contribution in [0.2, 0.25) is 0 Å². The number of nitrogens with zero attached hydrogens (tertiary/aromatic N) is 3. The van der Waals surface area contributed by atoms with Gasteiger partial charge in [0.1, 0.15) is 0 Å². The van der Waals surface area contributed by atoms with Crippen molar-refractivity contribution in [1.29, 1.82) is 0 Å². The van der Waals surface area contributed by atoms with Gasteiger partial charge in [-0.25, -0.2) is 0 Å². The summed E-state index contributed by atoms with van der Waals surface area (Å²) in [6.07, 6.45) is 2.01. The van der Waals surface area contributed by atoms with Crippen LogP contribution in [-0.2, 0) is 11.3 Å². The summed E-state index contributed by atoms with van der Waals surface area (Å²) in [7, 11) is 4.15. The number of H-pyrrole nitrogens is 1. The molecule has 1 saturated heterocycles. The Kier molecular flexibility index (Phi) is 9.67. The summed E-state index contributed by atoms with van der Waals surface area (Å²) in [5, 5.41) is 5.18. The fourth-order valence-electron chi connectivity index (χ4n) is 4.11. The predicted molar refractivity (Wildman–Crippen MR) is 140 cm³/mol. The van der Waals surface area contributed by atoms with Gasteiger partial charge < -0.3 is 24.8 Å². The molecule has 1 fully saturated rings. The summed E-state index contributed by atoms with van der Waals surface area (Å²) in [6.45, 7) is 11.9. The summed E-state index contributed by atoms with van der Waals surface area (Å²) < 4.78 is 5.46. The number of nitrogens with one attached hydrogen (secondary N) is 2. The van der Waals surface area contributed by atoms with Gasteiger partial charge in [0, 0.05) is 43.8 Å². The largest absolute Gasteiger partial charge is 0.379 e. The van der Waals surface area contributed by atoms with Gasteiger partial charge in [-0.3, -0.25) is 9.69 Å². The first kappa shape index (κ1) is 25.6. The average Bonchev–Trinajstić information content (AvgIpc) is 2.78. The van der Waals surface area contributed by atoms with E-state index in [0.29, 0.717) is 6.54 Å².